The van der Waals surface area contributed by atoms with Crippen LogP contribution in [0.5, 0.6) is 0 Å². The quantitative estimate of drug-likeness (QED) is 0.914. The van der Waals surface area contributed by atoms with Crippen molar-refractivity contribution >= 4 is 10.0 Å². The first-order valence-corrected chi connectivity index (χ1v) is 7.96. The van der Waals surface area contributed by atoms with E-state index in [9.17, 15) is 12.8 Å². The molecule has 0 amide bonds. The molecule has 4 nitrogen and oxygen atoms in total. The highest BCUT2D eigenvalue weighted by molar-refractivity contribution is 7.89. The molecule has 1 aromatic carbocycles. The Morgan fingerprint density at radius 3 is 2.68 bits per heavy atom. The normalized spacial score (nSPS) is 27.1. The summed E-state index contributed by atoms with van der Waals surface area (Å²) < 4.78 is 40.4. The molecule has 2 N–H and O–H groups in total. The molecule has 0 radical (unpaired) electrons. The maximum Gasteiger partial charge on any atom is 0.246 e. The fraction of sp³-hybridized carbons (Fsp3) is 0.538. The van der Waals surface area contributed by atoms with Crippen LogP contribution in [0, 0.1) is 11.7 Å². The van der Waals surface area contributed by atoms with Crippen LogP contribution in [0.4, 0.5) is 4.39 Å². The van der Waals surface area contributed by atoms with E-state index in [1.165, 1.54) is 16.4 Å². The van der Waals surface area contributed by atoms with E-state index in [1.807, 2.05) is 0 Å². The van der Waals surface area contributed by atoms with E-state index in [4.69, 9.17) is 5.73 Å². The summed E-state index contributed by atoms with van der Waals surface area (Å²) in [6.07, 6.45) is 2.90. The topological polar surface area (TPSA) is 63.4 Å². The summed E-state index contributed by atoms with van der Waals surface area (Å²) >= 11 is 0. The van der Waals surface area contributed by atoms with Gasteiger partial charge in [-0.1, -0.05) is 6.07 Å². The molecule has 1 saturated heterocycles. The average molecular weight is 284 g/mol. The molecule has 2 bridgehead atoms. The summed E-state index contributed by atoms with van der Waals surface area (Å²) in [5.41, 5.74) is 6.02. The van der Waals surface area contributed by atoms with Crippen LogP contribution in [-0.2, 0) is 16.6 Å². The second-order valence-corrected chi connectivity index (χ2v) is 7.24. The molecule has 0 spiro atoms. The van der Waals surface area contributed by atoms with Gasteiger partial charge in [0.05, 0.1) is 0 Å². The first-order valence-electron chi connectivity index (χ1n) is 6.52. The van der Waals surface area contributed by atoms with Gasteiger partial charge in [0.25, 0.3) is 0 Å². The fourth-order valence-electron chi connectivity index (χ4n) is 3.18. The molecular weight excluding hydrogens is 267 g/mol. The van der Waals surface area contributed by atoms with Crippen molar-refractivity contribution in [2.45, 2.75) is 36.7 Å². The van der Waals surface area contributed by atoms with Gasteiger partial charge in [-0.2, -0.15) is 4.31 Å². The number of hydrogen-bond donors (Lipinski definition) is 1. The Morgan fingerprint density at radius 2 is 2.16 bits per heavy atom. The molecule has 0 aromatic heterocycles. The van der Waals surface area contributed by atoms with Gasteiger partial charge in [0.1, 0.15) is 10.7 Å². The van der Waals surface area contributed by atoms with Gasteiger partial charge < -0.3 is 5.73 Å². The number of nitrogens with two attached hydrogens (primary N) is 1. The molecule has 2 aliphatic rings. The van der Waals surface area contributed by atoms with Crippen molar-refractivity contribution < 1.29 is 12.8 Å². The van der Waals surface area contributed by atoms with Crippen LogP contribution >= 0.6 is 0 Å². The highest BCUT2D eigenvalue weighted by atomic mass is 32.2. The summed E-state index contributed by atoms with van der Waals surface area (Å²) in [7, 11) is -3.71. The molecule has 2 fully saturated rings. The number of nitrogens with zero attached hydrogens (tertiary/aromatic N) is 1. The third kappa shape index (κ3) is 2.07. The number of piperidine rings is 1. The lowest BCUT2D eigenvalue weighted by Gasteiger charge is -2.26. The lowest BCUT2D eigenvalue weighted by molar-refractivity contribution is 0.332. The van der Waals surface area contributed by atoms with Crippen molar-refractivity contribution in [3.8, 4) is 0 Å². The SMILES string of the molecule is NCc1ccc(S(=O)(=O)N2CC3CCC2C3)c(F)c1. The zero-order chi connectivity index (χ0) is 13.6. The molecule has 1 heterocycles. The van der Waals surface area contributed by atoms with E-state index in [0.717, 1.165) is 19.3 Å². The highest BCUT2D eigenvalue weighted by Crippen LogP contribution is 2.40. The predicted octanol–water partition coefficient (Wildman–Crippen LogP) is 1.46. The number of rotatable bonds is 3. The number of halogens is 1. The molecule has 3 rings (SSSR count). The van der Waals surface area contributed by atoms with Crippen LogP contribution < -0.4 is 5.73 Å². The zero-order valence-electron chi connectivity index (χ0n) is 10.5. The summed E-state index contributed by atoms with van der Waals surface area (Å²) in [5.74, 6) is -0.253. The summed E-state index contributed by atoms with van der Waals surface area (Å²) in [6, 6.07) is 4.17. The Labute approximate surface area is 112 Å². The molecule has 2 unspecified atom stereocenters. The van der Waals surface area contributed by atoms with Crippen molar-refractivity contribution in [2.24, 2.45) is 11.7 Å². The Morgan fingerprint density at radius 1 is 1.37 bits per heavy atom. The van der Waals surface area contributed by atoms with Gasteiger partial charge in [0.15, 0.2) is 0 Å². The minimum Gasteiger partial charge on any atom is -0.326 e. The average Bonchev–Trinajstić information content (AvgIpc) is 3.00. The number of benzene rings is 1. The highest BCUT2D eigenvalue weighted by Gasteiger charge is 2.44. The monoisotopic (exact) mass is 284 g/mol. The first-order chi connectivity index (χ1) is 9.02. The van der Waals surface area contributed by atoms with Crippen LogP contribution in [-0.4, -0.2) is 25.3 Å². The van der Waals surface area contributed by atoms with E-state index in [-0.39, 0.29) is 17.5 Å². The Balaban J connectivity index is 1.96. The Bertz CT molecular complexity index is 603. The molecule has 1 saturated carbocycles. The van der Waals surface area contributed by atoms with Crippen LogP contribution in [0.25, 0.3) is 0 Å². The van der Waals surface area contributed by atoms with E-state index >= 15 is 0 Å². The summed E-state index contributed by atoms with van der Waals surface area (Å²) in [5, 5.41) is 0. The molecule has 6 heteroatoms. The van der Waals surface area contributed by atoms with E-state index < -0.39 is 15.8 Å². The zero-order valence-corrected chi connectivity index (χ0v) is 11.4. The molecular formula is C13H17FN2O2S. The minimum absolute atomic E-state index is 0.0589. The van der Waals surface area contributed by atoms with Gasteiger partial charge in [-0.15, -0.1) is 0 Å². The third-order valence-corrected chi connectivity index (χ3v) is 6.13. The molecule has 19 heavy (non-hydrogen) atoms. The van der Waals surface area contributed by atoms with Crippen molar-refractivity contribution in [3.63, 3.8) is 0 Å². The number of sulfonamides is 1. The van der Waals surface area contributed by atoms with Crippen LogP contribution in [0.2, 0.25) is 0 Å². The van der Waals surface area contributed by atoms with Gasteiger partial charge in [0.2, 0.25) is 10.0 Å². The number of hydrogen-bond acceptors (Lipinski definition) is 3. The van der Waals surface area contributed by atoms with E-state index in [2.05, 4.69) is 0 Å². The summed E-state index contributed by atoms with van der Waals surface area (Å²) in [6.45, 7) is 0.733. The molecule has 1 aromatic rings. The van der Waals surface area contributed by atoms with E-state index in [0.29, 0.717) is 18.0 Å². The first kappa shape index (κ1) is 13.0. The third-order valence-electron chi connectivity index (χ3n) is 4.18. The van der Waals surface area contributed by atoms with Crippen molar-refractivity contribution in [2.75, 3.05) is 6.54 Å². The smallest absolute Gasteiger partial charge is 0.246 e. The summed E-state index contributed by atoms with van der Waals surface area (Å²) in [4.78, 5) is -0.225. The standard InChI is InChI=1S/C13H17FN2O2S/c14-12-6-9(7-15)2-4-13(12)19(17,18)16-8-10-1-3-11(16)5-10/h2,4,6,10-11H,1,3,5,7-8,15H2. The predicted molar refractivity (Wildman–Crippen MR) is 69.3 cm³/mol. The van der Waals surface area contributed by atoms with Gasteiger partial charge in [-0.05, 0) is 42.9 Å². The molecule has 1 aliphatic heterocycles. The van der Waals surface area contributed by atoms with Gasteiger partial charge in [0, 0.05) is 19.1 Å². The molecule has 2 atom stereocenters. The lowest BCUT2D eigenvalue weighted by Crippen LogP contribution is -2.38. The van der Waals surface area contributed by atoms with Gasteiger partial charge >= 0.3 is 0 Å². The molecule has 1 aliphatic carbocycles. The van der Waals surface area contributed by atoms with Crippen LogP contribution in [0.3, 0.4) is 0 Å². The van der Waals surface area contributed by atoms with Crippen molar-refractivity contribution in [3.05, 3.63) is 29.6 Å². The minimum atomic E-state index is -3.71. The fourth-order valence-corrected chi connectivity index (χ4v) is 4.97. The largest absolute Gasteiger partial charge is 0.326 e. The van der Waals surface area contributed by atoms with Crippen molar-refractivity contribution in [1.29, 1.82) is 0 Å². The lowest BCUT2D eigenvalue weighted by atomic mass is 10.1. The van der Waals surface area contributed by atoms with Crippen molar-refractivity contribution in [1.82, 2.24) is 4.31 Å². The Hall–Kier alpha value is -0.980. The van der Waals surface area contributed by atoms with Gasteiger partial charge in [-0.3, -0.25) is 0 Å². The molecule has 104 valence electrons. The second-order valence-electron chi connectivity index (χ2n) is 5.38. The van der Waals surface area contributed by atoms with Crippen LogP contribution in [0.15, 0.2) is 23.1 Å². The second kappa shape index (κ2) is 4.54. The maximum atomic E-state index is 14.0. The maximum absolute atomic E-state index is 14.0. The Kier molecular flexibility index (Phi) is 3.11. The van der Waals surface area contributed by atoms with Crippen LogP contribution in [0.1, 0.15) is 24.8 Å². The van der Waals surface area contributed by atoms with E-state index in [1.54, 1.807) is 6.07 Å². The van der Waals surface area contributed by atoms with Gasteiger partial charge in [-0.25, -0.2) is 12.8 Å². The number of fused-ring (bicyclic) bond motifs is 2.